The highest BCUT2D eigenvalue weighted by Gasteiger charge is 2.61. The number of hydrogen-bond acceptors (Lipinski definition) is 7. The van der Waals surface area contributed by atoms with E-state index in [4.69, 9.17) is 14.2 Å². The number of rotatable bonds is 6. The monoisotopic (exact) mass is 575 g/mol. The smallest absolute Gasteiger partial charge is 0.379 e. The van der Waals surface area contributed by atoms with E-state index in [2.05, 4.69) is 11.8 Å². The molecular formula is C36H33NO6. The third-order valence-corrected chi connectivity index (χ3v) is 7.52. The van der Waals surface area contributed by atoms with Gasteiger partial charge in [-0.1, -0.05) is 77.7 Å². The van der Waals surface area contributed by atoms with Gasteiger partial charge in [0.15, 0.2) is 5.72 Å². The van der Waals surface area contributed by atoms with Gasteiger partial charge in [0.05, 0.1) is 24.5 Å². The van der Waals surface area contributed by atoms with Gasteiger partial charge in [-0.2, -0.15) is 0 Å². The van der Waals surface area contributed by atoms with E-state index in [1.165, 1.54) is 0 Å². The van der Waals surface area contributed by atoms with Crippen molar-refractivity contribution < 1.29 is 28.6 Å². The highest BCUT2D eigenvalue weighted by Crippen LogP contribution is 2.52. The molecule has 2 heterocycles. The number of aryl methyl sites for hydroxylation is 2. The predicted molar refractivity (Wildman–Crippen MR) is 163 cm³/mol. The van der Waals surface area contributed by atoms with Crippen molar-refractivity contribution in [2.24, 2.45) is 0 Å². The van der Waals surface area contributed by atoms with Gasteiger partial charge < -0.3 is 19.1 Å². The number of carbonyl (C=O) groups excluding carboxylic acids is 3. The highest BCUT2D eigenvalue weighted by atomic mass is 16.6. The molecule has 218 valence electrons. The average molecular weight is 576 g/mol. The summed E-state index contributed by atoms with van der Waals surface area (Å²) >= 11 is 0. The summed E-state index contributed by atoms with van der Waals surface area (Å²) in [6, 6.07) is 22.5. The van der Waals surface area contributed by atoms with Crippen LogP contribution in [0.2, 0.25) is 0 Å². The number of Topliss-reactive ketones (excluding diaryl/α,β-unsaturated/α-hetero) is 1. The summed E-state index contributed by atoms with van der Waals surface area (Å²) in [5, 5.41) is 0. The molecule has 0 amide bonds. The number of nitrogens with zero attached hydrogens (tertiary/aromatic N) is 1. The van der Waals surface area contributed by atoms with Crippen LogP contribution in [0.4, 0.5) is 0 Å². The molecule has 0 saturated heterocycles. The molecule has 7 heteroatoms. The molecule has 2 aliphatic heterocycles. The van der Waals surface area contributed by atoms with Crippen LogP contribution in [0, 0.1) is 25.7 Å². The highest BCUT2D eigenvalue weighted by molar-refractivity contribution is 6.43. The van der Waals surface area contributed by atoms with E-state index >= 15 is 0 Å². The molecule has 3 aromatic carbocycles. The Bertz CT molecular complexity index is 1710. The topological polar surface area (TPSA) is 82.1 Å². The molecule has 7 nitrogen and oxygen atoms in total. The summed E-state index contributed by atoms with van der Waals surface area (Å²) in [6.07, 6.45) is 3.69. The molecule has 5 rings (SSSR count). The minimum atomic E-state index is -2.30. The molecule has 2 unspecified atom stereocenters. The SMILES string of the molecule is CCOC(=O)C(=O)C1=C(c2ccc(C)cc2)N2C=Cc3ccccc3C2(C)OC1(C#Cc1ccc(C)cc1)C(=O)OCC. The average Bonchev–Trinajstić information content (AvgIpc) is 3.00. The molecule has 43 heavy (non-hydrogen) atoms. The first-order valence-corrected chi connectivity index (χ1v) is 14.2. The lowest BCUT2D eigenvalue weighted by Crippen LogP contribution is -2.61. The summed E-state index contributed by atoms with van der Waals surface area (Å²) in [6.45, 7) is 8.95. The summed E-state index contributed by atoms with van der Waals surface area (Å²) in [7, 11) is 0. The van der Waals surface area contributed by atoms with Gasteiger partial charge in [-0.25, -0.2) is 9.59 Å². The predicted octanol–water partition coefficient (Wildman–Crippen LogP) is 5.69. The van der Waals surface area contributed by atoms with E-state index in [-0.39, 0.29) is 18.8 Å². The maximum atomic E-state index is 14.2. The van der Waals surface area contributed by atoms with Crippen LogP contribution in [-0.2, 0) is 34.3 Å². The Morgan fingerprint density at radius 3 is 2.14 bits per heavy atom. The summed E-state index contributed by atoms with van der Waals surface area (Å²) in [5.74, 6) is 2.97. The lowest BCUT2D eigenvalue weighted by atomic mass is 9.80. The van der Waals surface area contributed by atoms with Gasteiger partial charge in [0.1, 0.15) is 0 Å². The normalized spacial score (nSPS) is 20.3. The molecule has 0 spiro atoms. The molecule has 0 bridgehead atoms. The Morgan fingerprint density at radius 2 is 1.49 bits per heavy atom. The lowest BCUT2D eigenvalue weighted by molar-refractivity contribution is -0.203. The van der Waals surface area contributed by atoms with Crippen molar-refractivity contribution in [3.8, 4) is 11.8 Å². The Hall–Kier alpha value is -4.93. The number of fused-ring (bicyclic) bond motifs is 3. The van der Waals surface area contributed by atoms with E-state index in [1.807, 2.05) is 99.6 Å². The van der Waals surface area contributed by atoms with E-state index < -0.39 is 29.0 Å². The Balaban J connectivity index is 1.92. The number of carbonyl (C=O) groups is 3. The molecule has 0 saturated carbocycles. The van der Waals surface area contributed by atoms with Gasteiger partial charge in [-0.05, 0) is 69.9 Å². The Kier molecular flexibility index (Phi) is 8.08. The molecule has 0 N–H and O–H groups in total. The van der Waals surface area contributed by atoms with Crippen molar-refractivity contribution >= 4 is 29.5 Å². The van der Waals surface area contributed by atoms with Crippen molar-refractivity contribution in [3.05, 3.63) is 118 Å². The zero-order valence-electron chi connectivity index (χ0n) is 24.9. The molecule has 0 aliphatic carbocycles. The van der Waals surface area contributed by atoms with Crippen molar-refractivity contribution in [2.45, 2.75) is 45.9 Å². The van der Waals surface area contributed by atoms with Crippen molar-refractivity contribution in [1.82, 2.24) is 4.90 Å². The van der Waals surface area contributed by atoms with Gasteiger partial charge in [-0.3, -0.25) is 4.79 Å². The van der Waals surface area contributed by atoms with E-state index in [1.54, 1.807) is 24.9 Å². The van der Waals surface area contributed by atoms with Crippen molar-refractivity contribution in [3.63, 3.8) is 0 Å². The quantitative estimate of drug-likeness (QED) is 0.212. The summed E-state index contributed by atoms with van der Waals surface area (Å²) < 4.78 is 17.6. The fraction of sp³-hybridized carbons (Fsp3) is 0.250. The maximum Gasteiger partial charge on any atom is 0.379 e. The third-order valence-electron chi connectivity index (χ3n) is 7.52. The van der Waals surface area contributed by atoms with Gasteiger partial charge in [0.2, 0.25) is 0 Å². The Labute approximate surface area is 251 Å². The molecule has 0 fully saturated rings. The molecule has 3 aromatic rings. The van der Waals surface area contributed by atoms with Crippen molar-refractivity contribution in [2.75, 3.05) is 13.2 Å². The molecule has 0 aromatic heterocycles. The first-order valence-electron chi connectivity index (χ1n) is 14.2. The standard InChI is InChI=1S/C36H33NO6/c1-6-41-33(39)32(38)30-31(28-18-14-25(4)15-19-28)37-23-21-27-10-8-9-11-29(27)35(37,5)43-36(30,34(40)42-7-2)22-20-26-16-12-24(3)13-17-26/h8-19,21,23H,6-7H2,1-5H3. The van der Waals surface area contributed by atoms with Crippen LogP contribution >= 0.6 is 0 Å². The van der Waals surface area contributed by atoms with Crippen LogP contribution in [0.1, 0.15) is 54.2 Å². The van der Waals surface area contributed by atoms with Gasteiger partial charge in [0, 0.05) is 17.3 Å². The number of esters is 2. The second kappa shape index (κ2) is 11.7. The molecular weight excluding hydrogens is 542 g/mol. The zero-order chi connectivity index (χ0) is 30.8. The summed E-state index contributed by atoms with van der Waals surface area (Å²) in [4.78, 5) is 43.4. The van der Waals surface area contributed by atoms with E-state index in [0.29, 0.717) is 16.8 Å². The second-order valence-corrected chi connectivity index (χ2v) is 10.5. The van der Waals surface area contributed by atoms with Gasteiger partial charge >= 0.3 is 11.9 Å². The first-order chi connectivity index (χ1) is 20.6. The molecule has 2 atom stereocenters. The largest absolute Gasteiger partial charge is 0.463 e. The van der Waals surface area contributed by atoms with Crippen LogP contribution in [0.25, 0.3) is 11.8 Å². The van der Waals surface area contributed by atoms with Crippen LogP contribution in [-0.4, -0.2) is 41.4 Å². The molecule has 2 aliphatic rings. The van der Waals surface area contributed by atoms with Crippen molar-refractivity contribution in [1.29, 1.82) is 0 Å². The number of ketones is 1. The van der Waals surface area contributed by atoms with Gasteiger partial charge in [0.25, 0.3) is 11.4 Å². The number of ether oxygens (including phenoxy) is 3. The molecule has 0 radical (unpaired) electrons. The minimum absolute atomic E-state index is 0.00614. The van der Waals surface area contributed by atoms with Crippen LogP contribution in [0.3, 0.4) is 0 Å². The fourth-order valence-corrected chi connectivity index (χ4v) is 5.39. The van der Waals surface area contributed by atoms with E-state index in [9.17, 15) is 14.4 Å². The number of benzene rings is 3. The van der Waals surface area contributed by atoms with Crippen LogP contribution in [0.15, 0.2) is 84.6 Å². The lowest BCUT2D eigenvalue weighted by Gasteiger charge is -2.52. The van der Waals surface area contributed by atoms with Crippen LogP contribution in [0.5, 0.6) is 0 Å². The second-order valence-electron chi connectivity index (χ2n) is 10.5. The number of hydrogen-bond donors (Lipinski definition) is 0. The first kappa shape index (κ1) is 29.6. The van der Waals surface area contributed by atoms with E-state index in [0.717, 1.165) is 22.3 Å². The van der Waals surface area contributed by atoms with Crippen LogP contribution < -0.4 is 0 Å². The third kappa shape index (κ3) is 5.26. The Morgan fingerprint density at radius 1 is 0.860 bits per heavy atom. The van der Waals surface area contributed by atoms with Gasteiger partial charge in [-0.15, -0.1) is 0 Å². The fourth-order valence-electron chi connectivity index (χ4n) is 5.39. The summed E-state index contributed by atoms with van der Waals surface area (Å²) in [5.41, 5.74) is 1.22. The minimum Gasteiger partial charge on any atom is -0.463 e. The maximum absolute atomic E-state index is 14.2. The zero-order valence-corrected chi connectivity index (χ0v) is 24.9.